The van der Waals surface area contributed by atoms with Crippen LogP contribution < -0.4 is 5.43 Å². The maximum atomic E-state index is 12.1. The van der Waals surface area contributed by atoms with Crippen molar-refractivity contribution in [1.82, 2.24) is 5.43 Å². The Morgan fingerprint density at radius 3 is 2.55 bits per heavy atom. The van der Waals surface area contributed by atoms with Crippen LogP contribution in [0.15, 0.2) is 59.7 Å². The van der Waals surface area contributed by atoms with Gasteiger partial charge in [-0.05, 0) is 37.0 Å². The van der Waals surface area contributed by atoms with Gasteiger partial charge in [-0.25, -0.2) is 5.43 Å². The van der Waals surface area contributed by atoms with Crippen LogP contribution >= 0.6 is 0 Å². The number of carbonyl (C=O) groups is 1. The molecule has 0 saturated heterocycles. The largest absolute Gasteiger partial charge is 0.507 e. The van der Waals surface area contributed by atoms with Crippen LogP contribution in [-0.4, -0.2) is 16.7 Å². The molecule has 0 spiro atoms. The van der Waals surface area contributed by atoms with Crippen molar-refractivity contribution in [2.24, 2.45) is 11.0 Å². The summed E-state index contributed by atoms with van der Waals surface area (Å²) in [5.74, 6) is 0.375. The molecule has 0 aliphatic heterocycles. The lowest BCUT2D eigenvalue weighted by atomic mass is 10.1. The monoisotopic (exact) mass is 294 g/mol. The van der Waals surface area contributed by atoms with Gasteiger partial charge in [-0.3, -0.25) is 4.79 Å². The van der Waals surface area contributed by atoms with Crippen molar-refractivity contribution in [3.63, 3.8) is 0 Å². The Morgan fingerprint density at radius 1 is 1.14 bits per heavy atom. The van der Waals surface area contributed by atoms with Crippen molar-refractivity contribution in [3.05, 3.63) is 65.7 Å². The molecule has 2 aromatic carbocycles. The normalized spacial score (nSPS) is 20.5. The number of aromatic hydroxyl groups is 1. The van der Waals surface area contributed by atoms with E-state index in [1.54, 1.807) is 25.1 Å². The molecule has 1 saturated carbocycles. The first-order valence-electron chi connectivity index (χ1n) is 7.34. The maximum Gasteiger partial charge on any atom is 0.243 e. The summed E-state index contributed by atoms with van der Waals surface area (Å²) < 4.78 is 0. The number of nitrogens with one attached hydrogen (secondary N) is 1. The number of hydrogen-bond donors (Lipinski definition) is 2. The molecule has 1 fully saturated rings. The number of benzene rings is 2. The molecule has 1 aliphatic rings. The van der Waals surface area contributed by atoms with Gasteiger partial charge in [0.2, 0.25) is 5.91 Å². The van der Waals surface area contributed by atoms with E-state index in [9.17, 15) is 9.90 Å². The highest BCUT2D eigenvalue weighted by molar-refractivity contribution is 6.01. The van der Waals surface area contributed by atoms with Crippen molar-refractivity contribution in [3.8, 4) is 5.75 Å². The lowest BCUT2D eigenvalue weighted by molar-refractivity contribution is -0.122. The standard InChI is InChI=1S/C18H18N2O2/c1-12(14-9-5-6-10-17(14)21)19-20-18(22)16-11-15(16)13-7-3-2-4-8-13/h2-10,15-16,21H,11H2,1H3,(H,20,22). The zero-order valence-electron chi connectivity index (χ0n) is 12.4. The number of carbonyl (C=O) groups excluding carboxylic acids is 1. The van der Waals surface area contributed by atoms with Crippen molar-refractivity contribution < 1.29 is 9.90 Å². The van der Waals surface area contributed by atoms with Gasteiger partial charge in [0.25, 0.3) is 0 Å². The van der Waals surface area contributed by atoms with Crippen LogP contribution in [0.25, 0.3) is 0 Å². The van der Waals surface area contributed by atoms with Gasteiger partial charge in [0, 0.05) is 11.5 Å². The smallest absolute Gasteiger partial charge is 0.243 e. The molecule has 1 aliphatic carbocycles. The van der Waals surface area contributed by atoms with Crippen molar-refractivity contribution in [2.75, 3.05) is 0 Å². The summed E-state index contributed by atoms with van der Waals surface area (Å²) in [6.07, 6.45) is 0.862. The lowest BCUT2D eigenvalue weighted by Gasteiger charge is -2.04. The molecule has 0 aromatic heterocycles. The van der Waals surface area contributed by atoms with Crippen LogP contribution in [0.1, 0.15) is 30.4 Å². The number of rotatable bonds is 4. The minimum atomic E-state index is -0.0661. The van der Waals surface area contributed by atoms with Crippen LogP contribution in [-0.2, 0) is 4.79 Å². The maximum absolute atomic E-state index is 12.1. The number of amides is 1. The molecule has 0 bridgehead atoms. The van der Waals surface area contributed by atoms with Crippen molar-refractivity contribution in [2.45, 2.75) is 19.3 Å². The van der Waals surface area contributed by atoms with E-state index in [1.165, 1.54) is 5.56 Å². The molecule has 0 radical (unpaired) electrons. The van der Waals surface area contributed by atoms with E-state index in [0.29, 0.717) is 17.2 Å². The molecule has 2 atom stereocenters. The first-order valence-corrected chi connectivity index (χ1v) is 7.34. The van der Waals surface area contributed by atoms with E-state index in [4.69, 9.17) is 0 Å². The van der Waals surface area contributed by atoms with Crippen LogP contribution in [0.2, 0.25) is 0 Å². The Labute approximate surface area is 129 Å². The van der Waals surface area contributed by atoms with Crippen LogP contribution in [0, 0.1) is 5.92 Å². The van der Waals surface area contributed by atoms with Gasteiger partial charge >= 0.3 is 0 Å². The molecule has 22 heavy (non-hydrogen) atoms. The van der Waals surface area contributed by atoms with Crippen LogP contribution in [0.4, 0.5) is 0 Å². The second-order valence-corrected chi connectivity index (χ2v) is 5.55. The topological polar surface area (TPSA) is 61.7 Å². The minimum Gasteiger partial charge on any atom is -0.507 e. The minimum absolute atomic E-state index is 0.0108. The molecule has 0 heterocycles. The molecule has 3 rings (SSSR count). The second-order valence-electron chi connectivity index (χ2n) is 5.55. The number of para-hydroxylation sites is 1. The Hall–Kier alpha value is -2.62. The van der Waals surface area contributed by atoms with E-state index >= 15 is 0 Å². The molecule has 4 heteroatoms. The molecule has 2 N–H and O–H groups in total. The third-order valence-electron chi connectivity index (χ3n) is 3.98. The fourth-order valence-corrected chi connectivity index (χ4v) is 2.62. The van der Waals surface area contributed by atoms with Gasteiger partial charge in [-0.1, -0.05) is 42.5 Å². The highest BCUT2D eigenvalue weighted by Gasteiger charge is 2.43. The van der Waals surface area contributed by atoms with Gasteiger partial charge in [0.05, 0.1) is 5.71 Å². The zero-order chi connectivity index (χ0) is 15.5. The predicted molar refractivity (Wildman–Crippen MR) is 85.8 cm³/mol. The third-order valence-corrected chi connectivity index (χ3v) is 3.98. The fraction of sp³-hybridized carbons (Fsp3) is 0.222. The SMILES string of the molecule is CC(=NNC(=O)C1CC1c1ccccc1)c1ccccc1O. The van der Waals surface area contributed by atoms with Gasteiger partial charge in [0.15, 0.2) is 0 Å². The molecule has 112 valence electrons. The van der Waals surface area contributed by atoms with Crippen molar-refractivity contribution >= 4 is 11.6 Å². The van der Waals surface area contributed by atoms with Gasteiger partial charge < -0.3 is 5.11 Å². The highest BCUT2D eigenvalue weighted by atomic mass is 16.3. The quantitative estimate of drug-likeness (QED) is 0.672. The number of phenolic OH excluding ortho intramolecular Hbond substituents is 1. The molecule has 4 nitrogen and oxygen atoms in total. The Morgan fingerprint density at radius 2 is 1.82 bits per heavy atom. The van der Waals surface area contributed by atoms with Crippen LogP contribution in [0.5, 0.6) is 5.75 Å². The molecule has 1 amide bonds. The summed E-state index contributed by atoms with van der Waals surface area (Å²) in [6, 6.07) is 17.0. The molecule has 2 aromatic rings. The summed E-state index contributed by atoms with van der Waals surface area (Å²) in [5.41, 5.74) is 5.02. The average Bonchev–Trinajstić information content (AvgIpc) is 3.34. The Balaban J connectivity index is 1.62. The zero-order valence-corrected chi connectivity index (χ0v) is 12.4. The van der Waals surface area contributed by atoms with Crippen LogP contribution in [0.3, 0.4) is 0 Å². The van der Waals surface area contributed by atoms with E-state index in [2.05, 4.69) is 22.7 Å². The van der Waals surface area contributed by atoms with Gasteiger partial charge in [-0.15, -0.1) is 0 Å². The molecular formula is C18H18N2O2. The van der Waals surface area contributed by atoms with E-state index in [0.717, 1.165) is 6.42 Å². The summed E-state index contributed by atoms with van der Waals surface area (Å²) in [6.45, 7) is 1.76. The number of phenols is 1. The number of nitrogens with zero attached hydrogens (tertiary/aromatic N) is 1. The predicted octanol–water partition coefficient (Wildman–Crippen LogP) is 3.04. The third kappa shape index (κ3) is 3.01. The second kappa shape index (κ2) is 6.02. The molecule has 2 unspecified atom stereocenters. The fourth-order valence-electron chi connectivity index (χ4n) is 2.62. The number of hydrogen-bond acceptors (Lipinski definition) is 3. The Bertz CT molecular complexity index is 710. The average molecular weight is 294 g/mol. The first kappa shape index (κ1) is 14.3. The first-order chi connectivity index (χ1) is 10.7. The summed E-state index contributed by atoms with van der Waals surface area (Å²) in [7, 11) is 0. The van der Waals surface area contributed by atoms with Crippen molar-refractivity contribution in [1.29, 1.82) is 0 Å². The summed E-state index contributed by atoms with van der Waals surface area (Å²) in [4.78, 5) is 12.1. The molecular weight excluding hydrogens is 276 g/mol. The van der Waals surface area contributed by atoms with Gasteiger partial charge in [-0.2, -0.15) is 5.10 Å². The Kier molecular flexibility index (Phi) is 3.92. The van der Waals surface area contributed by atoms with E-state index < -0.39 is 0 Å². The lowest BCUT2D eigenvalue weighted by Crippen LogP contribution is -2.21. The van der Waals surface area contributed by atoms with Gasteiger partial charge in [0.1, 0.15) is 5.75 Å². The number of hydrazone groups is 1. The summed E-state index contributed by atoms with van der Waals surface area (Å²) >= 11 is 0. The van der Waals surface area contributed by atoms with E-state index in [-0.39, 0.29) is 17.6 Å². The van der Waals surface area contributed by atoms with E-state index in [1.807, 2.05) is 24.3 Å². The highest BCUT2D eigenvalue weighted by Crippen LogP contribution is 2.47. The summed E-state index contributed by atoms with van der Waals surface area (Å²) in [5, 5.41) is 13.9.